The first-order chi connectivity index (χ1) is 9.25. The van der Waals surface area contributed by atoms with Gasteiger partial charge in [-0.2, -0.15) is 0 Å². The van der Waals surface area contributed by atoms with E-state index in [0.717, 1.165) is 31.8 Å². The third-order valence-corrected chi connectivity index (χ3v) is 5.50. The predicted octanol–water partition coefficient (Wildman–Crippen LogP) is 2.56. The largest absolute Gasteiger partial charge is 0.339 e. The Labute approximate surface area is 117 Å². The molecule has 0 bridgehead atoms. The van der Waals surface area contributed by atoms with Gasteiger partial charge in [-0.3, -0.25) is 4.79 Å². The van der Waals surface area contributed by atoms with E-state index in [0.29, 0.717) is 18.0 Å². The van der Waals surface area contributed by atoms with Crippen LogP contribution in [0.3, 0.4) is 0 Å². The summed E-state index contributed by atoms with van der Waals surface area (Å²) in [6, 6.07) is 1.09. The van der Waals surface area contributed by atoms with Crippen LogP contribution in [0.2, 0.25) is 0 Å². The van der Waals surface area contributed by atoms with Crippen LogP contribution >= 0.6 is 0 Å². The summed E-state index contributed by atoms with van der Waals surface area (Å²) >= 11 is 0. The van der Waals surface area contributed by atoms with Crippen molar-refractivity contribution in [1.82, 2.24) is 10.2 Å². The van der Waals surface area contributed by atoms with Crippen LogP contribution in [-0.4, -0.2) is 36.0 Å². The van der Waals surface area contributed by atoms with Crippen LogP contribution in [0.4, 0.5) is 0 Å². The molecule has 0 aromatic rings. The Balaban J connectivity index is 1.67. The van der Waals surface area contributed by atoms with Crippen molar-refractivity contribution in [3.05, 3.63) is 0 Å². The Morgan fingerprint density at radius 1 is 1.11 bits per heavy atom. The van der Waals surface area contributed by atoms with E-state index >= 15 is 0 Å². The minimum atomic E-state index is 0.289. The molecule has 3 fully saturated rings. The van der Waals surface area contributed by atoms with Crippen molar-refractivity contribution in [1.29, 1.82) is 0 Å². The lowest BCUT2D eigenvalue weighted by atomic mass is 9.77. The van der Waals surface area contributed by atoms with Crippen molar-refractivity contribution in [2.45, 2.75) is 70.4 Å². The molecule has 2 unspecified atom stereocenters. The molecule has 3 aliphatic rings. The van der Waals surface area contributed by atoms with E-state index in [1.807, 2.05) is 0 Å². The summed E-state index contributed by atoms with van der Waals surface area (Å²) in [6.45, 7) is 4.25. The Morgan fingerprint density at radius 2 is 1.89 bits per heavy atom. The quantitative estimate of drug-likeness (QED) is 0.789. The molecule has 108 valence electrons. The molecule has 1 amide bonds. The topological polar surface area (TPSA) is 32.3 Å². The van der Waals surface area contributed by atoms with Crippen molar-refractivity contribution >= 4 is 5.91 Å². The molecule has 2 heterocycles. The summed E-state index contributed by atoms with van der Waals surface area (Å²) in [5, 5.41) is 3.46. The summed E-state index contributed by atoms with van der Waals surface area (Å²) in [6.07, 6.45) is 9.99. The van der Waals surface area contributed by atoms with Crippen molar-refractivity contribution in [3.8, 4) is 0 Å². The fourth-order valence-electron chi connectivity index (χ4n) is 4.49. The second kappa shape index (κ2) is 5.82. The number of carbonyl (C=O) groups is 1. The van der Waals surface area contributed by atoms with Crippen molar-refractivity contribution in [3.63, 3.8) is 0 Å². The lowest BCUT2D eigenvalue weighted by Gasteiger charge is -2.46. The molecule has 3 heteroatoms. The molecule has 2 saturated heterocycles. The SMILES string of the molecule is C[C@H]1C[C@@H](C(=O)N2CCCC3CCCCC32)CCN1. The first kappa shape index (κ1) is 13.4. The minimum Gasteiger partial charge on any atom is -0.339 e. The normalized spacial score (nSPS) is 39.7. The van der Waals surface area contributed by atoms with E-state index < -0.39 is 0 Å². The molecule has 3 rings (SSSR count). The second-order valence-corrected chi connectivity index (χ2v) is 6.86. The molecule has 0 aromatic heterocycles. The monoisotopic (exact) mass is 264 g/mol. The highest BCUT2D eigenvalue weighted by Gasteiger charge is 2.38. The number of nitrogens with one attached hydrogen (secondary N) is 1. The maximum atomic E-state index is 12.9. The molecule has 2 aliphatic heterocycles. The number of fused-ring (bicyclic) bond motifs is 1. The number of carbonyl (C=O) groups excluding carboxylic acids is 1. The maximum Gasteiger partial charge on any atom is 0.226 e. The zero-order valence-electron chi connectivity index (χ0n) is 12.2. The van der Waals surface area contributed by atoms with Gasteiger partial charge in [0.2, 0.25) is 5.91 Å². The minimum absolute atomic E-state index is 0.289. The number of rotatable bonds is 1. The number of likely N-dealkylation sites (tertiary alicyclic amines) is 1. The Bertz CT molecular complexity index is 329. The number of amides is 1. The highest BCUT2D eigenvalue weighted by atomic mass is 16.2. The molecule has 4 atom stereocenters. The van der Waals surface area contributed by atoms with Gasteiger partial charge in [0.05, 0.1) is 0 Å². The molecule has 1 saturated carbocycles. The zero-order valence-corrected chi connectivity index (χ0v) is 12.2. The van der Waals surface area contributed by atoms with Crippen LogP contribution < -0.4 is 5.32 Å². The highest BCUT2D eigenvalue weighted by Crippen LogP contribution is 2.36. The van der Waals surface area contributed by atoms with Gasteiger partial charge in [-0.25, -0.2) is 0 Å². The van der Waals surface area contributed by atoms with Crippen LogP contribution in [0.25, 0.3) is 0 Å². The Kier molecular flexibility index (Phi) is 4.11. The highest BCUT2D eigenvalue weighted by molar-refractivity contribution is 5.79. The van der Waals surface area contributed by atoms with E-state index in [4.69, 9.17) is 0 Å². The fraction of sp³-hybridized carbons (Fsp3) is 0.938. The summed E-state index contributed by atoms with van der Waals surface area (Å²) in [4.78, 5) is 15.1. The van der Waals surface area contributed by atoms with E-state index in [-0.39, 0.29) is 5.92 Å². The second-order valence-electron chi connectivity index (χ2n) is 6.86. The summed E-state index contributed by atoms with van der Waals surface area (Å²) < 4.78 is 0. The average molecular weight is 264 g/mol. The number of nitrogens with zero attached hydrogens (tertiary/aromatic N) is 1. The maximum absolute atomic E-state index is 12.9. The number of hydrogen-bond acceptors (Lipinski definition) is 2. The molecule has 0 spiro atoms. The van der Waals surface area contributed by atoms with Gasteiger partial charge >= 0.3 is 0 Å². The lowest BCUT2D eigenvalue weighted by molar-refractivity contribution is -0.143. The van der Waals surface area contributed by atoms with E-state index in [9.17, 15) is 4.79 Å². The van der Waals surface area contributed by atoms with Crippen molar-refractivity contribution in [2.24, 2.45) is 11.8 Å². The van der Waals surface area contributed by atoms with Gasteiger partial charge in [0.15, 0.2) is 0 Å². The molecular formula is C16H28N2O. The van der Waals surface area contributed by atoms with Crippen LogP contribution in [0.15, 0.2) is 0 Å². The molecular weight excluding hydrogens is 236 g/mol. The van der Waals surface area contributed by atoms with Crippen LogP contribution in [0.1, 0.15) is 58.3 Å². The van der Waals surface area contributed by atoms with Gasteiger partial charge in [0, 0.05) is 24.5 Å². The van der Waals surface area contributed by atoms with E-state index in [2.05, 4.69) is 17.1 Å². The fourth-order valence-corrected chi connectivity index (χ4v) is 4.49. The first-order valence-corrected chi connectivity index (χ1v) is 8.29. The molecule has 3 nitrogen and oxygen atoms in total. The summed E-state index contributed by atoms with van der Waals surface area (Å²) in [5.74, 6) is 1.58. The molecule has 1 aliphatic carbocycles. The van der Waals surface area contributed by atoms with Gasteiger partial charge in [-0.1, -0.05) is 12.8 Å². The zero-order chi connectivity index (χ0) is 13.2. The van der Waals surface area contributed by atoms with Gasteiger partial charge in [-0.15, -0.1) is 0 Å². The molecule has 0 aromatic carbocycles. The van der Waals surface area contributed by atoms with Crippen LogP contribution in [-0.2, 0) is 4.79 Å². The average Bonchev–Trinajstić information content (AvgIpc) is 2.46. The smallest absolute Gasteiger partial charge is 0.226 e. The van der Waals surface area contributed by atoms with Crippen LogP contribution in [0, 0.1) is 11.8 Å². The number of piperidine rings is 2. The molecule has 19 heavy (non-hydrogen) atoms. The van der Waals surface area contributed by atoms with E-state index in [1.54, 1.807) is 0 Å². The Hall–Kier alpha value is -0.570. The number of hydrogen-bond donors (Lipinski definition) is 1. The third kappa shape index (κ3) is 2.81. The van der Waals surface area contributed by atoms with Gasteiger partial charge in [0.25, 0.3) is 0 Å². The van der Waals surface area contributed by atoms with Crippen molar-refractivity contribution in [2.75, 3.05) is 13.1 Å². The van der Waals surface area contributed by atoms with Crippen LogP contribution in [0.5, 0.6) is 0 Å². The third-order valence-electron chi connectivity index (χ3n) is 5.50. The summed E-state index contributed by atoms with van der Waals surface area (Å²) in [5.41, 5.74) is 0. The van der Waals surface area contributed by atoms with Gasteiger partial charge in [0.1, 0.15) is 0 Å². The lowest BCUT2D eigenvalue weighted by Crippen LogP contribution is -2.53. The standard InChI is InChI=1S/C16H28N2O/c1-12-11-14(8-9-17-12)16(19)18-10-4-6-13-5-2-3-7-15(13)18/h12-15,17H,2-11H2,1H3/t12-,13?,14-,15?/m0/s1. The molecule has 1 N–H and O–H groups in total. The first-order valence-electron chi connectivity index (χ1n) is 8.29. The summed E-state index contributed by atoms with van der Waals surface area (Å²) in [7, 11) is 0. The molecule has 0 radical (unpaired) electrons. The van der Waals surface area contributed by atoms with Gasteiger partial charge in [-0.05, 0) is 57.9 Å². The van der Waals surface area contributed by atoms with E-state index in [1.165, 1.54) is 38.5 Å². The predicted molar refractivity (Wildman–Crippen MR) is 76.9 cm³/mol. The van der Waals surface area contributed by atoms with Gasteiger partial charge < -0.3 is 10.2 Å². The van der Waals surface area contributed by atoms with Crippen molar-refractivity contribution < 1.29 is 4.79 Å². The Morgan fingerprint density at radius 3 is 2.74 bits per heavy atom.